The van der Waals surface area contributed by atoms with Crippen molar-refractivity contribution in [3.05, 3.63) is 33.7 Å². The van der Waals surface area contributed by atoms with Crippen molar-refractivity contribution >= 4 is 5.91 Å². The highest BCUT2D eigenvalue weighted by Crippen LogP contribution is 2.23. The number of carbonyl (C=O) groups is 1. The third kappa shape index (κ3) is 3.73. The average molecular weight is 291 g/mol. The number of nitrogens with zero attached hydrogens (tertiary/aromatic N) is 1. The number of hydrogen-bond donors (Lipinski definition) is 2. The minimum Gasteiger partial charge on any atom is -0.364 e. The smallest absolute Gasteiger partial charge is 0.259 e. The van der Waals surface area contributed by atoms with Gasteiger partial charge in [-0.2, -0.15) is 0 Å². The molecule has 0 spiro atoms. The first-order valence-corrected chi connectivity index (χ1v) is 7.72. The molecule has 0 saturated heterocycles. The van der Waals surface area contributed by atoms with Crippen molar-refractivity contribution in [1.82, 2.24) is 15.2 Å². The van der Waals surface area contributed by atoms with Gasteiger partial charge in [0, 0.05) is 37.1 Å². The summed E-state index contributed by atoms with van der Waals surface area (Å²) in [5, 5.41) is 3.46. The van der Waals surface area contributed by atoms with E-state index in [1.54, 1.807) is 18.9 Å². The van der Waals surface area contributed by atoms with Gasteiger partial charge >= 0.3 is 0 Å². The summed E-state index contributed by atoms with van der Waals surface area (Å²) in [5.74, 6) is -0.178. The molecule has 1 aromatic heterocycles. The van der Waals surface area contributed by atoms with Crippen molar-refractivity contribution in [2.45, 2.75) is 51.6 Å². The van der Waals surface area contributed by atoms with E-state index in [-0.39, 0.29) is 22.9 Å². The van der Waals surface area contributed by atoms with Crippen molar-refractivity contribution in [2.24, 2.45) is 0 Å². The van der Waals surface area contributed by atoms with Crippen molar-refractivity contribution in [3.8, 4) is 0 Å². The van der Waals surface area contributed by atoms with E-state index >= 15 is 0 Å². The van der Waals surface area contributed by atoms with Crippen LogP contribution in [0, 0.1) is 6.92 Å². The van der Waals surface area contributed by atoms with E-state index in [4.69, 9.17) is 0 Å². The van der Waals surface area contributed by atoms with Crippen LogP contribution in [0.2, 0.25) is 0 Å². The Balaban J connectivity index is 2.01. The number of amides is 1. The van der Waals surface area contributed by atoms with Crippen LogP contribution in [0.5, 0.6) is 0 Å². The monoisotopic (exact) mass is 291 g/mol. The summed E-state index contributed by atoms with van der Waals surface area (Å²) < 4.78 is 0. The highest BCUT2D eigenvalue weighted by molar-refractivity contribution is 5.93. The fourth-order valence-electron chi connectivity index (χ4n) is 3.05. The van der Waals surface area contributed by atoms with E-state index in [1.165, 1.54) is 12.3 Å². The van der Waals surface area contributed by atoms with Gasteiger partial charge < -0.3 is 15.2 Å². The van der Waals surface area contributed by atoms with Crippen molar-refractivity contribution in [1.29, 1.82) is 0 Å². The van der Waals surface area contributed by atoms with Crippen LogP contribution in [-0.4, -0.2) is 41.5 Å². The van der Waals surface area contributed by atoms with Crippen LogP contribution in [-0.2, 0) is 0 Å². The van der Waals surface area contributed by atoms with Gasteiger partial charge in [0.25, 0.3) is 5.91 Å². The summed E-state index contributed by atoms with van der Waals surface area (Å²) in [5.41, 5.74) is 0.798. The molecule has 116 valence electrons. The highest BCUT2D eigenvalue weighted by atomic mass is 16.2. The Morgan fingerprint density at radius 1 is 1.38 bits per heavy atom. The summed E-state index contributed by atoms with van der Waals surface area (Å²) >= 11 is 0. The number of pyridine rings is 1. The third-order valence-corrected chi connectivity index (χ3v) is 4.35. The zero-order valence-corrected chi connectivity index (χ0v) is 13.1. The molecular formula is C16H25N3O2. The first-order valence-electron chi connectivity index (χ1n) is 7.72. The minimum absolute atomic E-state index is 0.178. The lowest BCUT2D eigenvalue weighted by atomic mass is 9.90. The summed E-state index contributed by atoms with van der Waals surface area (Å²) in [4.78, 5) is 29.1. The second kappa shape index (κ2) is 6.89. The topological polar surface area (TPSA) is 65.2 Å². The molecule has 0 atom stereocenters. The maximum atomic E-state index is 12.5. The maximum absolute atomic E-state index is 12.5. The van der Waals surface area contributed by atoms with Gasteiger partial charge in [-0.3, -0.25) is 9.59 Å². The number of H-pyrrole nitrogens is 1. The number of aryl methyl sites for hydroxylation is 1. The normalized spacial score (nSPS) is 22.0. The molecule has 0 aliphatic heterocycles. The molecule has 1 aromatic rings. The summed E-state index contributed by atoms with van der Waals surface area (Å²) in [6.07, 6.45) is 5.68. The van der Waals surface area contributed by atoms with Crippen LogP contribution in [0.4, 0.5) is 0 Å². The number of nitrogens with one attached hydrogen (secondary N) is 2. The molecule has 0 radical (unpaired) electrons. The molecule has 0 unspecified atom stereocenters. The van der Waals surface area contributed by atoms with E-state index in [0.29, 0.717) is 6.04 Å². The molecule has 0 aromatic carbocycles. The molecule has 1 aliphatic carbocycles. The van der Waals surface area contributed by atoms with Gasteiger partial charge in [-0.15, -0.1) is 0 Å². The Morgan fingerprint density at radius 3 is 2.62 bits per heavy atom. The van der Waals surface area contributed by atoms with E-state index in [1.807, 2.05) is 0 Å². The molecule has 2 rings (SSSR count). The minimum atomic E-state index is -0.204. The fourth-order valence-corrected chi connectivity index (χ4v) is 3.05. The van der Waals surface area contributed by atoms with Crippen LogP contribution < -0.4 is 10.7 Å². The molecule has 1 saturated carbocycles. The largest absolute Gasteiger partial charge is 0.364 e. The molecule has 2 N–H and O–H groups in total. The predicted molar refractivity (Wildman–Crippen MR) is 83.6 cm³/mol. The standard InChI is InChI=1S/C16H25N3O2/c1-4-17-12-5-7-13(8-6-12)19(3)16(21)14-10-18-11(2)9-15(14)20/h9-10,12-13,17H,4-8H2,1-3H3,(H,18,20). The van der Waals surface area contributed by atoms with Gasteiger partial charge in [-0.1, -0.05) is 6.92 Å². The lowest BCUT2D eigenvalue weighted by Crippen LogP contribution is -2.44. The lowest BCUT2D eigenvalue weighted by Gasteiger charge is -2.34. The molecule has 1 heterocycles. The summed E-state index contributed by atoms with van der Waals surface area (Å²) in [6.45, 7) is 4.91. The maximum Gasteiger partial charge on any atom is 0.259 e. The van der Waals surface area contributed by atoms with Crippen LogP contribution in [0.15, 0.2) is 17.1 Å². The molecule has 1 fully saturated rings. The zero-order chi connectivity index (χ0) is 15.4. The SMILES string of the molecule is CCNC1CCC(N(C)C(=O)c2c[nH]c(C)cc2=O)CC1. The number of aromatic nitrogens is 1. The number of hydrogen-bond acceptors (Lipinski definition) is 3. The van der Waals surface area contributed by atoms with Gasteiger partial charge in [0.2, 0.25) is 0 Å². The van der Waals surface area contributed by atoms with Crippen molar-refractivity contribution in [2.75, 3.05) is 13.6 Å². The lowest BCUT2D eigenvalue weighted by molar-refractivity contribution is 0.0683. The second-order valence-electron chi connectivity index (χ2n) is 5.87. The average Bonchev–Trinajstić information content (AvgIpc) is 2.47. The molecule has 5 heteroatoms. The number of carbonyl (C=O) groups excluding carboxylic acids is 1. The van der Waals surface area contributed by atoms with Crippen molar-refractivity contribution in [3.63, 3.8) is 0 Å². The molecule has 0 bridgehead atoms. The molecule has 21 heavy (non-hydrogen) atoms. The third-order valence-electron chi connectivity index (χ3n) is 4.35. The first-order chi connectivity index (χ1) is 10.0. The number of rotatable bonds is 4. The van der Waals surface area contributed by atoms with Gasteiger partial charge in [0.1, 0.15) is 5.56 Å². The highest BCUT2D eigenvalue weighted by Gasteiger charge is 2.27. The van der Waals surface area contributed by atoms with Gasteiger partial charge in [0.05, 0.1) is 0 Å². The zero-order valence-electron chi connectivity index (χ0n) is 13.1. The predicted octanol–water partition coefficient (Wildman–Crippen LogP) is 1.68. The molecule has 1 amide bonds. The van der Waals surface area contributed by atoms with Crippen LogP contribution >= 0.6 is 0 Å². The molecular weight excluding hydrogens is 266 g/mol. The van der Waals surface area contributed by atoms with E-state index in [9.17, 15) is 9.59 Å². The Morgan fingerprint density at radius 2 is 2.05 bits per heavy atom. The van der Waals surface area contributed by atoms with Gasteiger partial charge in [-0.25, -0.2) is 0 Å². The van der Waals surface area contributed by atoms with Crippen LogP contribution in [0.25, 0.3) is 0 Å². The van der Waals surface area contributed by atoms with Crippen LogP contribution in [0.3, 0.4) is 0 Å². The molecule has 5 nitrogen and oxygen atoms in total. The molecule has 1 aliphatic rings. The quantitative estimate of drug-likeness (QED) is 0.887. The second-order valence-corrected chi connectivity index (χ2v) is 5.87. The van der Waals surface area contributed by atoms with Crippen molar-refractivity contribution < 1.29 is 4.79 Å². The van der Waals surface area contributed by atoms with E-state index in [0.717, 1.165) is 37.9 Å². The van der Waals surface area contributed by atoms with Crippen LogP contribution in [0.1, 0.15) is 48.7 Å². The van der Waals surface area contributed by atoms with E-state index in [2.05, 4.69) is 17.2 Å². The summed E-state index contributed by atoms with van der Waals surface area (Å²) in [7, 11) is 1.81. The van der Waals surface area contributed by atoms with Gasteiger partial charge in [0.15, 0.2) is 5.43 Å². The van der Waals surface area contributed by atoms with Gasteiger partial charge in [-0.05, 0) is 39.2 Å². The number of aromatic amines is 1. The first kappa shape index (κ1) is 15.8. The summed E-state index contributed by atoms with van der Waals surface area (Å²) in [6, 6.07) is 2.27. The Hall–Kier alpha value is -1.62. The Labute approximate surface area is 125 Å². The van der Waals surface area contributed by atoms with E-state index < -0.39 is 0 Å². The Kier molecular flexibility index (Phi) is 5.17. The fraction of sp³-hybridized carbons (Fsp3) is 0.625. The Bertz CT molecular complexity index is 545.